The largest absolute Gasteiger partial charge is 0.372 e. The smallest absolute Gasteiger partial charge is 0.227 e. The minimum atomic E-state index is 0.0436. The van der Waals surface area contributed by atoms with Crippen LogP contribution in [-0.2, 0) is 4.79 Å². The molecule has 0 aliphatic carbocycles. The normalized spacial score (nSPS) is 14.9. The number of hydrogen-bond donors (Lipinski definition) is 1. The van der Waals surface area contributed by atoms with Crippen molar-refractivity contribution in [3.63, 3.8) is 0 Å². The summed E-state index contributed by atoms with van der Waals surface area (Å²) in [6, 6.07) is 12.1. The van der Waals surface area contributed by atoms with Crippen molar-refractivity contribution in [1.82, 2.24) is 10.2 Å². The second-order valence-corrected chi connectivity index (χ2v) is 7.00. The zero-order valence-corrected chi connectivity index (χ0v) is 16.5. The summed E-state index contributed by atoms with van der Waals surface area (Å²) in [5, 5.41) is 11.4. The van der Waals surface area contributed by atoms with Crippen molar-refractivity contribution < 1.29 is 4.79 Å². The van der Waals surface area contributed by atoms with E-state index in [2.05, 4.69) is 51.3 Å². The zero-order chi connectivity index (χ0) is 19.2. The molecule has 0 spiro atoms. The molecule has 1 aromatic carbocycles. The second kappa shape index (κ2) is 8.84. The molecule has 0 atom stereocenters. The van der Waals surface area contributed by atoms with Gasteiger partial charge in [0.2, 0.25) is 5.91 Å². The van der Waals surface area contributed by atoms with Crippen LogP contribution in [0.3, 0.4) is 0 Å². The lowest BCUT2D eigenvalue weighted by molar-refractivity contribution is -0.120. The maximum atomic E-state index is 12.6. The molecule has 6 heteroatoms. The molecule has 6 nitrogen and oxygen atoms in total. The van der Waals surface area contributed by atoms with Crippen molar-refractivity contribution in [2.45, 2.75) is 33.6 Å². The summed E-state index contributed by atoms with van der Waals surface area (Å²) in [5.41, 5.74) is 2.97. The molecule has 1 N–H and O–H groups in total. The van der Waals surface area contributed by atoms with Gasteiger partial charge < -0.3 is 15.1 Å². The van der Waals surface area contributed by atoms with E-state index in [9.17, 15) is 4.79 Å². The van der Waals surface area contributed by atoms with Gasteiger partial charge in [-0.15, -0.1) is 5.10 Å². The highest BCUT2D eigenvalue weighted by molar-refractivity contribution is 5.92. The van der Waals surface area contributed by atoms with E-state index in [0.29, 0.717) is 0 Å². The zero-order valence-electron chi connectivity index (χ0n) is 16.5. The van der Waals surface area contributed by atoms with Crippen LogP contribution in [-0.4, -0.2) is 42.3 Å². The van der Waals surface area contributed by atoms with Gasteiger partial charge in [-0.25, -0.2) is 0 Å². The van der Waals surface area contributed by atoms with E-state index in [0.717, 1.165) is 56.2 Å². The Morgan fingerprint density at radius 2 is 1.74 bits per heavy atom. The maximum Gasteiger partial charge on any atom is 0.227 e. The van der Waals surface area contributed by atoms with E-state index < -0.39 is 0 Å². The summed E-state index contributed by atoms with van der Waals surface area (Å²) in [7, 11) is 0. The number of anilines is 3. The Balaban J connectivity index is 1.53. The first kappa shape index (κ1) is 19.1. The molecule has 1 amide bonds. The van der Waals surface area contributed by atoms with Crippen molar-refractivity contribution in [3.05, 3.63) is 42.1 Å². The molecular formula is C21H29N5O. The maximum absolute atomic E-state index is 12.6. The van der Waals surface area contributed by atoms with Crippen LogP contribution in [0.1, 0.15) is 32.4 Å². The number of amides is 1. The van der Waals surface area contributed by atoms with E-state index in [4.69, 9.17) is 0 Å². The minimum Gasteiger partial charge on any atom is -0.372 e. The van der Waals surface area contributed by atoms with Gasteiger partial charge in [0.25, 0.3) is 0 Å². The van der Waals surface area contributed by atoms with E-state index in [1.165, 1.54) is 5.69 Å². The van der Waals surface area contributed by atoms with Crippen LogP contribution in [0.5, 0.6) is 0 Å². The number of benzene rings is 1. The molecule has 1 aliphatic heterocycles. The lowest BCUT2D eigenvalue weighted by Gasteiger charge is -2.31. The summed E-state index contributed by atoms with van der Waals surface area (Å²) in [5.74, 6) is 1.05. The van der Waals surface area contributed by atoms with Crippen LogP contribution in [0.25, 0.3) is 0 Å². The lowest BCUT2D eigenvalue weighted by atomic mass is 9.96. The van der Waals surface area contributed by atoms with Gasteiger partial charge in [0.15, 0.2) is 5.82 Å². The van der Waals surface area contributed by atoms with Crippen LogP contribution in [0.2, 0.25) is 0 Å². The molecular weight excluding hydrogens is 338 g/mol. The van der Waals surface area contributed by atoms with Crippen molar-refractivity contribution in [2.75, 3.05) is 41.3 Å². The number of nitrogens with one attached hydrogen (secondary N) is 1. The first-order chi connectivity index (χ1) is 13.1. The molecule has 144 valence electrons. The van der Waals surface area contributed by atoms with E-state index >= 15 is 0 Å². The fraction of sp³-hybridized carbons (Fsp3) is 0.476. The van der Waals surface area contributed by atoms with E-state index in [1.807, 2.05) is 31.2 Å². The Bertz CT molecular complexity index is 732. The van der Waals surface area contributed by atoms with Gasteiger partial charge in [-0.1, -0.05) is 0 Å². The number of piperidine rings is 1. The Morgan fingerprint density at radius 1 is 1.07 bits per heavy atom. The van der Waals surface area contributed by atoms with Crippen LogP contribution in [0, 0.1) is 12.8 Å². The highest BCUT2D eigenvalue weighted by Gasteiger charge is 2.25. The fourth-order valence-corrected chi connectivity index (χ4v) is 3.52. The number of aromatic nitrogens is 2. The Morgan fingerprint density at radius 3 is 2.30 bits per heavy atom. The highest BCUT2D eigenvalue weighted by atomic mass is 16.1. The molecule has 1 aliphatic rings. The monoisotopic (exact) mass is 367 g/mol. The molecule has 0 saturated carbocycles. The Hall–Kier alpha value is -2.63. The SMILES string of the molecule is CCN(CC)c1ccc(NC(=O)C2CCN(c3ccc(C)nn3)CC2)cc1. The molecule has 27 heavy (non-hydrogen) atoms. The molecule has 1 saturated heterocycles. The average molecular weight is 367 g/mol. The molecule has 0 radical (unpaired) electrons. The number of aryl methyl sites for hydroxylation is 1. The number of carbonyl (C=O) groups excluding carboxylic acids is 1. The first-order valence-electron chi connectivity index (χ1n) is 9.81. The number of rotatable bonds is 6. The predicted molar refractivity (Wildman–Crippen MR) is 110 cm³/mol. The number of nitrogens with zero attached hydrogens (tertiary/aromatic N) is 4. The van der Waals surface area contributed by atoms with Crippen molar-refractivity contribution in [2.24, 2.45) is 5.92 Å². The van der Waals surface area contributed by atoms with Crippen LogP contribution in [0.4, 0.5) is 17.2 Å². The van der Waals surface area contributed by atoms with Gasteiger partial charge >= 0.3 is 0 Å². The van der Waals surface area contributed by atoms with E-state index in [-0.39, 0.29) is 11.8 Å². The highest BCUT2D eigenvalue weighted by Crippen LogP contribution is 2.24. The predicted octanol–water partition coefficient (Wildman–Crippen LogP) is 3.49. The quantitative estimate of drug-likeness (QED) is 0.847. The summed E-state index contributed by atoms with van der Waals surface area (Å²) in [6.45, 7) is 9.84. The van der Waals surface area contributed by atoms with Crippen LogP contribution >= 0.6 is 0 Å². The summed E-state index contributed by atoms with van der Waals surface area (Å²) >= 11 is 0. The van der Waals surface area contributed by atoms with E-state index in [1.54, 1.807) is 0 Å². The second-order valence-electron chi connectivity index (χ2n) is 7.00. The van der Waals surface area contributed by atoms with Gasteiger partial charge in [-0.05, 0) is 70.0 Å². The molecule has 2 aromatic rings. The van der Waals surface area contributed by atoms with Gasteiger partial charge in [0, 0.05) is 43.5 Å². The third kappa shape index (κ3) is 4.76. The van der Waals surface area contributed by atoms with Crippen LogP contribution in [0.15, 0.2) is 36.4 Å². The van der Waals surface area contributed by atoms with Crippen LogP contribution < -0.4 is 15.1 Å². The Kier molecular flexibility index (Phi) is 6.27. The lowest BCUT2D eigenvalue weighted by Crippen LogP contribution is -2.38. The molecule has 2 heterocycles. The summed E-state index contributed by atoms with van der Waals surface area (Å²) in [6.07, 6.45) is 1.66. The topological polar surface area (TPSA) is 61.4 Å². The van der Waals surface area contributed by atoms with Gasteiger partial charge in [0.05, 0.1) is 5.69 Å². The Labute approximate surface area is 161 Å². The molecule has 0 unspecified atom stereocenters. The molecule has 3 rings (SSSR count). The fourth-order valence-electron chi connectivity index (χ4n) is 3.52. The molecule has 1 fully saturated rings. The van der Waals surface area contributed by atoms with Crippen molar-refractivity contribution in [1.29, 1.82) is 0 Å². The number of carbonyl (C=O) groups is 1. The van der Waals surface area contributed by atoms with Gasteiger partial charge in [-0.2, -0.15) is 5.10 Å². The van der Waals surface area contributed by atoms with Crippen molar-refractivity contribution >= 4 is 23.1 Å². The standard InChI is InChI=1S/C21H29N5O/c1-4-25(5-2)19-9-7-18(8-10-19)22-21(27)17-12-14-26(15-13-17)20-11-6-16(3)23-24-20/h6-11,17H,4-5,12-15H2,1-3H3,(H,22,27). The molecule has 1 aromatic heterocycles. The summed E-state index contributed by atoms with van der Waals surface area (Å²) in [4.78, 5) is 17.1. The third-order valence-corrected chi connectivity index (χ3v) is 5.24. The minimum absolute atomic E-state index is 0.0436. The van der Waals surface area contributed by atoms with Gasteiger partial charge in [-0.3, -0.25) is 4.79 Å². The summed E-state index contributed by atoms with van der Waals surface area (Å²) < 4.78 is 0. The van der Waals surface area contributed by atoms with Crippen molar-refractivity contribution in [3.8, 4) is 0 Å². The van der Waals surface area contributed by atoms with Gasteiger partial charge in [0.1, 0.15) is 0 Å². The average Bonchev–Trinajstić information content (AvgIpc) is 2.71. The number of hydrogen-bond acceptors (Lipinski definition) is 5. The molecule has 0 bridgehead atoms. The first-order valence-corrected chi connectivity index (χ1v) is 9.81. The third-order valence-electron chi connectivity index (χ3n) is 5.24.